The second kappa shape index (κ2) is 2.71. The van der Waals surface area contributed by atoms with Crippen molar-refractivity contribution in [3.63, 3.8) is 0 Å². The summed E-state index contributed by atoms with van der Waals surface area (Å²) in [7, 11) is 0. The zero-order valence-corrected chi connectivity index (χ0v) is 7.48. The van der Waals surface area contributed by atoms with Crippen molar-refractivity contribution >= 4 is 0 Å². The van der Waals surface area contributed by atoms with Crippen molar-refractivity contribution in [3.8, 4) is 0 Å². The van der Waals surface area contributed by atoms with E-state index in [1.165, 1.54) is 12.0 Å². The summed E-state index contributed by atoms with van der Waals surface area (Å²) in [6.45, 7) is 0. The molecular weight excluding hydrogens is 158 g/mol. The van der Waals surface area contributed by atoms with Gasteiger partial charge in [-0.2, -0.15) is 0 Å². The third-order valence-corrected chi connectivity index (χ3v) is 3.13. The Morgan fingerprint density at radius 2 is 1.92 bits per heavy atom. The summed E-state index contributed by atoms with van der Waals surface area (Å²) in [4.78, 5) is 0. The lowest BCUT2D eigenvalue weighted by atomic mass is 9.88. The van der Waals surface area contributed by atoms with Crippen LogP contribution in [0.2, 0.25) is 0 Å². The third kappa shape index (κ3) is 1.11. The van der Waals surface area contributed by atoms with Crippen molar-refractivity contribution in [2.75, 3.05) is 0 Å². The topological polar surface area (TPSA) is 12.0 Å². The first kappa shape index (κ1) is 7.34. The summed E-state index contributed by atoms with van der Waals surface area (Å²) in [5.41, 5.74) is 1.48. The summed E-state index contributed by atoms with van der Waals surface area (Å²) in [6, 6.07) is 12.0. The molecule has 2 heterocycles. The Kier molecular flexibility index (Phi) is 1.53. The molecule has 1 heteroatoms. The van der Waals surface area contributed by atoms with Gasteiger partial charge in [-0.15, -0.1) is 0 Å². The van der Waals surface area contributed by atoms with Crippen LogP contribution >= 0.6 is 0 Å². The van der Waals surface area contributed by atoms with E-state index in [4.69, 9.17) is 0 Å². The molecule has 0 radical (unpaired) electrons. The lowest BCUT2D eigenvalue weighted by molar-refractivity contribution is 0.654. The Bertz CT molecular complexity index is 328. The van der Waals surface area contributed by atoms with Gasteiger partial charge in [-0.3, -0.25) is 0 Å². The molecule has 3 rings (SSSR count). The fraction of sp³-hybridized carbons (Fsp3) is 0.333. The average molecular weight is 171 g/mol. The molecule has 2 bridgehead atoms. The van der Waals surface area contributed by atoms with Crippen LogP contribution < -0.4 is 5.32 Å². The fourth-order valence-electron chi connectivity index (χ4n) is 2.47. The van der Waals surface area contributed by atoms with Gasteiger partial charge >= 0.3 is 0 Å². The summed E-state index contributed by atoms with van der Waals surface area (Å²) in [5.74, 6) is 0.705. The number of rotatable bonds is 1. The van der Waals surface area contributed by atoms with Crippen LogP contribution in [0.3, 0.4) is 0 Å². The predicted molar refractivity (Wildman–Crippen MR) is 53.7 cm³/mol. The van der Waals surface area contributed by atoms with Crippen LogP contribution in [0.4, 0.5) is 0 Å². The highest BCUT2D eigenvalue weighted by molar-refractivity contribution is 5.30. The Balaban J connectivity index is 1.92. The molecule has 66 valence electrons. The van der Waals surface area contributed by atoms with Crippen LogP contribution in [-0.2, 0) is 0 Å². The largest absolute Gasteiger partial charge is 0.304 e. The molecule has 13 heavy (non-hydrogen) atoms. The van der Waals surface area contributed by atoms with Gasteiger partial charge in [0.1, 0.15) is 0 Å². The highest BCUT2D eigenvalue weighted by Crippen LogP contribution is 2.35. The van der Waals surface area contributed by atoms with Crippen LogP contribution in [0.15, 0.2) is 42.5 Å². The second-order valence-electron chi connectivity index (χ2n) is 3.94. The summed E-state index contributed by atoms with van der Waals surface area (Å²) < 4.78 is 0. The maximum atomic E-state index is 3.57. The number of hydrogen-bond acceptors (Lipinski definition) is 1. The molecule has 0 amide bonds. The highest BCUT2D eigenvalue weighted by Gasteiger charge is 2.35. The highest BCUT2D eigenvalue weighted by atomic mass is 15.0. The van der Waals surface area contributed by atoms with Crippen molar-refractivity contribution in [1.82, 2.24) is 5.32 Å². The Morgan fingerprint density at radius 1 is 1.08 bits per heavy atom. The number of fused-ring (bicyclic) bond motifs is 2. The van der Waals surface area contributed by atoms with Gasteiger partial charge in [-0.05, 0) is 12.0 Å². The maximum absolute atomic E-state index is 3.57. The van der Waals surface area contributed by atoms with Gasteiger partial charge in [-0.1, -0.05) is 42.5 Å². The van der Waals surface area contributed by atoms with E-state index in [0.29, 0.717) is 18.0 Å². The van der Waals surface area contributed by atoms with Gasteiger partial charge in [0.2, 0.25) is 0 Å². The minimum Gasteiger partial charge on any atom is -0.304 e. The molecule has 2 aliphatic heterocycles. The Hall–Kier alpha value is -1.08. The van der Waals surface area contributed by atoms with Gasteiger partial charge in [0.25, 0.3) is 0 Å². The van der Waals surface area contributed by atoms with Crippen molar-refractivity contribution in [1.29, 1.82) is 0 Å². The van der Waals surface area contributed by atoms with E-state index in [1.807, 2.05) is 0 Å². The van der Waals surface area contributed by atoms with Gasteiger partial charge in [0.15, 0.2) is 0 Å². The van der Waals surface area contributed by atoms with Crippen LogP contribution in [0.25, 0.3) is 0 Å². The quantitative estimate of drug-likeness (QED) is 0.638. The zero-order valence-electron chi connectivity index (χ0n) is 7.48. The minimum absolute atomic E-state index is 0.590. The normalized spacial score (nSPS) is 35.5. The van der Waals surface area contributed by atoms with Crippen LogP contribution in [-0.4, -0.2) is 12.1 Å². The van der Waals surface area contributed by atoms with Crippen molar-refractivity contribution < 1.29 is 0 Å². The Labute approximate surface area is 78.5 Å². The van der Waals surface area contributed by atoms with E-state index in [9.17, 15) is 0 Å². The molecule has 0 aliphatic carbocycles. The van der Waals surface area contributed by atoms with Crippen molar-refractivity contribution in [3.05, 3.63) is 48.0 Å². The van der Waals surface area contributed by atoms with Crippen molar-refractivity contribution in [2.24, 2.45) is 0 Å². The molecule has 1 aromatic carbocycles. The molecule has 0 saturated carbocycles. The van der Waals surface area contributed by atoms with E-state index in [1.54, 1.807) is 0 Å². The maximum Gasteiger partial charge on any atom is 0.0325 e. The van der Waals surface area contributed by atoms with Crippen LogP contribution in [0.1, 0.15) is 17.9 Å². The molecule has 1 N–H and O–H groups in total. The molecule has 3 unspecified atom stereocenters. The van der Waals surface area contributed by atoms with Gasteiger partial charge in [-0.25, -0.2) is 0 Å². The molecule has 3 atom stereocenters. The predicted octanol–water partition coefficient (Wildman–Crippen LogP) is 2.07. The number of hydrogen-bond donors (Lipinski definition) is 1. The standard InChI is InChI=1S/C12H13N/c1-2-4-9(5-3-1)11-8-10-6-7-12(11)13-10/h1-7,10-13H,8H2. The van der Waals surface area contributed by atoms with Crippen LogP contribution in [0, 0.1) is 0 Å². The minimum atomic E-state index is 0.590. The molecule has 0 aromatic heterocycles. The molecule has 1 aromatic rings. The lowest BCUT2D eigenvalue weighted by Crippen LogP contribution is -2.22. The Morgan fingerprint density at radius 3 is 2.54 bits per heavy atom. The molecule has 2 aliphatic rings. The molecule has 1 nitrogen and oxygen atoms in total. The summed E-state index contributed by atoms with van der Waals surface area (Å²) >= 11 is 0. The number of benzene rings is 1. The molecule has 1 fully saturated rings. The van der Waals surface area contributed by atoms with Gasteiger partial charge in [0, 0.05) is 18.0 Å². The molecular formula is C12H13N. The van der Waals surface area contributed by atoms with E-state index >= 15 is 0 Å². The smallest absolute Gasteiger partial charge is 0.0325 e. The van der Waals surface area contributed by atoms with E-state index in [-0.39, 0.29) is 0 Å². The van der Waals surface area contributed by atoms with Gasteiger partial charge in [0.05, 0.1) is 0 Å². The second-order valence-corrected chi connectivity index (χ2v) is 3.94. The third-order valence-electron chi connectivity index (χ3n) is 3.13. The van der Waals surface area contributed by atoms with E-state index in [0.717, 1.165) is 0 Å². The fourth-order valence-corrected chi connectivity index (χ4v) is 2.47. The van der Waals surface area contributed by atoms with Crippen LogP contribution in [0.5, 0.6) is 0 Å². The number of nitrogens with one attached hydrogen (secondary N) is 1. The first-order chi connectivity index (χ1) is 6.43. The van der Waals surface area contributed by atoms with Crippen molar-refractivity contribution in [2.45, 2.75) is 24.4 Å². The monoisotopic (exact) mass is 171 g/mol. The van der Waals surface area contributed by atoms with E-state index in [2.05, 4.69) is 47.8 Å². The van der Waals surface area contributed by atoms with Gasteiger partial charge < -0.3 is 5.32 Å². The average Bonchev–Trinajstić information content (AvgIpc) is 2.80. The first-order valence-electron chi connectivity index (χ1n) is 4.93. The summed E-state index contributed by atoms with van der Waals surface area (Å²) in [6.07, 6.45) is 5.88. The zero-order chi connectivity index (χ0) is 8.67. The van der Waals surface area contributed by atoms with E-state index < -0.39 is 0 Å². The molecule has 1 saturated heterocycles. The first-order valence-corrected chi connectivity index (χ1v) is 4.93. The SMILES string of the molecule is C1=CC2NC1CC2c1ccccc1. The summed E-state index contributed by atoms with van der Waals surface area (Å²) in [5, 5.41) is 3.57. The molecule has 0 spiro atoms. The lowest BCUT2D eigenvalue weighted by Gasteiger charge is -2.16.